The van der Waals surface area contributed by atoms with Crippen molar-refractivity contribution in [2.24, 2.45) is 0 Å². The van der Waals surface area contributed by atoms with E-state index >= 15 is 0 Å². The van der Waals surface area contributed by atoms with Gasteiger partial charge in [-0.2, -0.15) is 5.12 Å². The van der Waals surface area contributed by atoms with Crippen LogP contribution in [0.5, 0.6) is 0 Å². The molecule has 2 nitrogen and oxygen atoms in total. The minimum Gasteiger partial charge on any atom is -0.228 e. The number of benzene rings is 1. The zero-order chi connectivity index (χ0) is 9.26. The van der Waals surface area contributed by atoms with Gasteiger partial charge in [-0.25, -0.2) is 4.98 Å². The van der Waals surface area contributed by atoms with E-state index < -0.39 is 0 Å². The van der Waals surface area contributed by atoms with Crippen molar-refractivity contribution in [2.45, 2.75) is 0 Å². The minimum atomic E-state index is 0.332. The van der Waals surface area contributed by atoms with Crippen molar-refractivity contribution in [2.75, 3.05) is 12.2 Å². The highest BCUT2D eigenvalue weighted by atomic mass is 19.2. The van der Waals surface area contributed by atoms with Crippen LogP contribution < -0.4 is 5.12 Å². The molecule has 0 aliphatic rings. The molecule has 0 aliphatic carbocycles. The molecule has 0 saturated carbocycles. The Bertz CT molecular complexity index is 426. The Hall–Kier alpha value is -1.64. The largest absolute Gasteiger partial charge is 0.228 e. The summed E-state index contributed by atoms with van der Waals surface area (Å²) < 4.78 is 12.7. The number of aromatic nitrogens is 1. The summed E-state index contributed by atoms with van der Waals surface area (Å²) in [5.74, 6) is 0.332. The van der Waals surface area contributed by atoms with E-state index in [1.807, 2.05) is 30.3 Å². The number of halogens is 1. The van der Waals surface area contributed by atoms with Gasteiger partial charge < -0.3 is 0 Å². The first-order valence-electron chi connectivity index (χ1n) is 4.03. The predicted octanol–water partition coefficient (Wildman–Crippen LogP) is 2.56. The fourth-order valence-electron chi connectivity index (χ4n) is 1.23. The first kappa shape index (κ1) is 7.98. The quantitative estimate of drug-likeness (QED) is 0.621. The molecule has 1 heterocycles. The third-order valence-electron chi connectivity index (χ3n) is 1.90. The molecule has 0 atom stereocenters. The van der Waals surface area contributed by atoms with Crippen molar-refractivity contribution in [1.82, 2.24) is 4.98 Å². The average Bonchev–Trinajstić information content (AvgIpc) is 2.17. The molecule has 0 saturated heterocycles. The number of para-hydroxylation sites is 1. The highest BCUT2D eigenvalue weighted by molar-refractivity contribution is 5.79. The van der Waals surface area contributed by atoms with Crippen LogP contribution in [-0.2, 0) is 0 Å². The Morgan fingerprint density at radius 2 is 1.92 bits per heavy atom. The van der Waals surface area contributed by atoms with Crippen molar-refractivity contribution in [3.05, 3.63) is 36.4 Å². The zero-order valence-corrected chi connectivity index (χ0v) is 7.24. The molecular formula is C10H9FN2. The number of fused-ring (bicyclic) bond motifs is 1. The number of nitrogens with zero attached hydrogens (tertiary/aromatic N) is 2. The topological polar surface area (TPSA) is 16.1 Å². The van der Waals surface area contributed by atoms with Crippen LogP contribution in [0, 0.1) is 0 Å². The van der Waals surface area contributed by atoms with E-state index in [1.54, 1.807) is 6.07 Å². The van der Waals surface area contributed by atoms with Gasteiger partial charge in [-0.05, 0) is 18.2 Å². The van der Waals surface area contributed by atoms with Crippen LogP contribution in [-0.4, -0.2) is 12.0 Å². The molecule has 2 rings (SSSR count). The molecule has 66 valence electrons. The van der Waals surface area contributed by atoms with Gasteiger partial charge in [-0.1, -0.05) is 22.7 Å². The molecule has 0 amide bonds. The molecule has 0 unspecified atom stereocenters. The maximum absolute atomic E-state index is 12.7. The van der Waals surface area contributed by atoms with Crippen molar-refractivity contribution < 1.29 is 4.48 Å². The van der Waals surface area contributed by atoms with Crippen LogP contribution in [0.1, 0.15) is 0 Å². The van der Waals surface area contributed by atoms with Gasteiger partial charge in [0.1, 0.15) is 0 Å². The average molecular weight is 176 g/mol. The van der Waals surface area contributed by atoms with Gasteiger partial charge in [0.2, 0.25) is 0 Å². The van der Waals surface area contributed by atoms with Gasteiger partial charge in [0.25, 0.3) is 0 Å². The van der Waals surface area contributed by atoms with Gasteiger partial charge >= 0.3 is 0 Å². The minimum absolute atomic E-state index is 0.332. The van der Waals surface area contributed by atoms with Crippen LogP contribution in [0.15, 0.2) is 36.4 Å². The van der Waals surface area contributed by atoms with Gasteiger partial charge in [0.15, 0.2) is 5.82 Å². The second kappa shape index (κ2) is 3.01. The molecule has 0 radical (unpaired) electrons. The van der Waals surface area contributed by atoms with Crippen molar-refractivity contribution in [3.63, 3.8) is 0 Å². The lowest BCUT2D eigenvalue weighted by Crippen LogP contribution is -2.04. The van der Waals surface area contributed by atoms with Crippen molar-refractivity contribution >= 4 is 16.7 Å². The van der Waals surface area contributed by atoms with Crippen LogP contribution >= 0.6 is 0 Å². The summed E-state index contributed by atoms with van der Waals surface area (Å²) in [6, 6.07) is 11.1. The summed E-state index contributed by atoms with van der Waals surface area (Å²) in [5.41, 5.74) is 0.810. The fraction of sp³-hybridized carbons (Fsp3) is 0.100. The molecule has 0 fully saturated rings. The standard InChI is InChI=1S/C10H9FN2/c1-13(11)10-7-6-8-4-2-3-5-9(8)12-10/h2-7H,1H3. The maximum Gasteiger partial charge on any atom is 0.157 e. The summed E-state index contributed by atoms with van der Waals surface area (Å²) >= 11 is 0. The van der Waals surface area contributed by atoms with E-state index in [1.165, 1.54) is 7.05 Å². The molecule has 3 heteroatoms. The molecule has 0 aliphatic heterocycles. The first-order chi connectivity index (χ1) is 6.27. The Kier molecular flexibility index (Phi) is 1.85. The second-order valence-electron chi connectivity index (χ2n) is 2.84. The highest BCUT2D eigenvalue weighted by Gasteiger charge is 2.00. The molecule has 0 N–H and O–H groups in total. The summed E-state index contributed by atoms with van der Waals surface area (Å²) in [7, 11) is 1.33. The van der Waals surface area contributed by atoms with E-state index in [0.717, 1.165) is 10.9 Å². The lowest BCUT2D eigenvalue weighted by Gasteiger charge is -2.06. The van der Waals surface area contributed by atoms with Gasteiger partial charge in [0.05, 0.1) is 5.52 Å². The Morgan fingerprint density at radius 3 is 2.69 bits per heavy atom. The van der Waals surface area contributed by atoms with Gasteiger partial charge in [-0.15, -0.1) is 0 Å². The van der Waals surface area contributed by atoms with Gasteiger partial charge in [-0.3, -0.25) is 0 Å². The summed E-state index contributed by atoms with van der Waals surface area (Å²) in [6.07, 6.45) is 0. The highest BCUT2D eigenvalue weighted by Crippen LogP contribution is 2.16. The van der Waals surface area contributed by atoms with E-state index in [9.17, 15) is 4.48 Å². The molecule has 1 aromatic heterocycles. The van der Waals surface area contributed by atoms with Crippen molar-refractivity contribution in [1.29, 1.82) is 0 Å². The second-order valence-corrected chi connectivity index (χ2v) is 2.84. The molecule has 2 aromatic rings. The van der Waals surface area contributed by atoms with Crippen LogP contribution in [0.2, 0.25) is 0 Å². The Balaban J connectivity index is 2.62. The maximum atomic E-state index is 12.7. The van der Waals surface area contributed by atoms with Crippen LogP contribution in [0.3, 0.4) is 0 Å². The SMILES string of the molecule is CN(F)c1ccc2ccccc2n1. The summed E-state index contributed by atoms with van der Waals surface area (Å²) in [6.45, 7) is 0. The predicted molar refractivity (Wildman–Crippen MR) is 51.3 cm³/mol. The smallest absolute Gasteiger partial charge is 0.157 e. The third-order valence-corrected chi connectivity index (χ3v) is 1.90. The van der Waals surface area contributed by atoms with Gasteiger partial charge in [0, 0.05) is 12.4 Å². The summed E-state index contributed by atoms with van der Waals surface area (Å²) in [4.78, 5) is 4.13. The number of pyridine rings is 1. The monoisotopic (exact) mass is 176 g/mol. The molecule has 0 bridgehead atoms. The number of hydrogen-bond acceptors (Lipinski definition) is 2. The molecule has 0 spiro atoms. The van der Waals surface area contributed by atoms with E-state index in [4.69, 9.17) is 0 Å². The van der Waals surface area contributed by atoms with E-state index in [0.29, 0.717) is 10.9 Å². The lowest BCUT2D eigenvalue weighted by molar-refractivity contribution is 0.470. The Morgan fingerprint density at radius 1 is 1.15 bits per heavy atom. The van der Waals surface area contributed by atoms with E-state index in [-0.39, 0.29) is 0 Å². The normalized spacial score (nSPS) is 10.3. The van der Waals surface area contributed by atoms with Crippen molar-refractivity contribution in [3.8, 4) is 0 Å². The lowest BCUT2D eigenvalue weighted by atomic mass is 10.2. The zero-order valence-electron chi connectivity index (χ0n) is 7.24. The molecule has 13 heavy (non-hydrogen) atoms. The molecule has 1 aromatic carbocycles. The molecular weight excluding hydrogens is 167 g/mol. The fourth-order valence-corrected chi connectivity index (χ4v) is 1.23. The van der Waals surface area contributed by atoms with E-state index in [2.05, 4.69) is 4.98 Å². The number of hydrogen-bond donors (Lipinski definition) is 0. The number of anilines is 1. The van der Waals surface area contributed by atoms with Crippen LogP contribution in [0.4, 0.5) is 10.3 Å². The Labute approximate surface area is 75.6 Å². The van der Waals surface area contributed by atoms with Crippen LogP contribution in [0.25, 0.3) is 10.9 Å². The third kappa shape index (κ3) is 1.45. The number of rotatable bonds is 1. The summed E-state index contributed by atoms with van der Waals surface area (Å²) in [5, 5.41) is 1.53. The first-order valence-corrected chi connectivity index (χ1v) is 4.03.